The largest absolute Gasteiger partial charge is 0.370 e. The molecule has 26 heavy (non-hydrogen) atoms. The Morgan fingerprint density at radius 1 is 1.38 bits per heavy atom. The first kappa shape index (κ1) is 21.0. The lowest BCUT2D eigenvalue weighted by Crippen LogP contribution is -2.35. The summed E-state index contributed by atoms with van der Waals surface area (Å²) in [7, 11) is 0. The van der Waals surface area contributed by atoms with Gasteiger partial charge in [-0.15, -0.1) is 0 Å². The Labute approximate surface area is 157 Å². The molecule has 0 fully saturated rings. The molecule has 0 spiro atoms. The summed E-state index contributed by atoms with van der Waals surface area (Å²) in [6, 6.07) is 9.91. The van der Waals surface area contributed by atoms with Crippen LogP contribution in [0.25, 0.3) is 0 Å². The third kappa shape index (κ3) is 6.10. The Morgan fingerprint density at radius 3 is 2.69 bits per heavy atom. The number of nitrogens with zero attached hydrogens (tertiary/aromatic N) is 3. The molecule has 4 heteroatoms. The molecular weight excluding hydrogens is 320 g/mol. The molecule has 136 valence electrons. The van der Waals surface area contributed by atoms with Crippen molar-refractivity contribution in [3.05, 3.63) is 77.7 Å². The summed E-state index contributed by atoms with van der Waals surface area (Å²) in [6.07, 6.45) is 9.02. The van der Waals surface area contributed by atoms with Crippen LogP contribution in [0.15, 0.2) is 77.1 Å². The maximum atomic E-state index is 9.47. The van der Waals surface area contributed by atoms with Crippen molar-refractivity contribution in [2.75, 3.05) is 18.1 Å². The molecule has 0 aromatic heterocycles. The van der Waals surface area contributed by atoms with Crippen LogP contribution in [-0.2, 0) is 0 Å². The van der Waals surface area contributed by atoms with Crippen molar-refractivity contribution in [2.45, 2.75) is 27.2 Å². The van der Waals surface area contributed by atoms with Crippen molar-refractivity contribution in [1.29, 1.82) is 5.26 Å². The van der Waals surface area contributed by atoms with Gasteiger partial charge in [0.05, 0.1) is 23.6 Å². The molecule has 1 N–H and O–H groups in total. The Morgan fingerprint density at radius 2 is 2.12 bits per heavy atom. The molecule has 0 heterocycles. The van der Waals surface area contributed by atoms with E-state index in [0.29, 0.717) is 18.8 Å². The number of benzene rings is 1. The average molecular weight is 348 g/mol. The summed E-state index contributed by atoms with van der Waals surface area (Å²) < 4.78 is 0. The minimum atomic E-state index is 0.536. The van der Waals surface area contributed by atoms with E-state index in [2.05, 4.69) is 59.7 Å². The fourth-order valence-electron chi connectivity index (χ4n) is 2.44. The molecule has 0 aliphatic heterocycles. The molecule has 0 aliphatic carbocycles. The lowest BCUT2D eigenvalue weighted by Gasteiger charge is -2.27. The third-order valence-corrected chi connectivity index (χ3v) is 3.96. The predicted molar refractivity (Wildman–Crippen MR) is 112 cm³/mol. The normalized spacial score (nSPS) is 12.3. The summed E-state index contributed by atoms with van der Waals surface area (Å²) in [5.74, 6) is 0. The van der Waals surface area contributed by atoms with Gasteiger partial charge in [-0.2, -0.15) is 5.26 Å². The third-order valence-electron chi connectivity index (χ3n) is 3.96. The minimum Gasteiger partial charge on any atom is -0.370 e. The summed E-state index contributed by atoms with van der Waals surface area (Å²) in [4.78, 5) is 6.10. The number of anilines is 1. The maximum absolute atomic E-state index is 9.47. The van der Waals surface area contributed by atoms with Crippen molar-refractivity contribution in [3.8, 4) is 6.07 Å². The fraction of sp³-hybridized carbons (Fsp3) is 0.273. The first-order chi connectivity index (χ1) is 12.6. The first-order valence-corrected chi connectivity index (χ1v) is 8.70. The molecule has 1 aromatic rings. The van der Waals surface area contributed by atoms with Gasteiger partial charge in [0.2, 0.25) is 0 Å². The van der Waals surface area contributed by atoms with Gasteiger partial charge in [0, 0.05) is 12.2 Å². The quantitative estimate of drug-likeness (QED) is 0.370. The Kier molecular flexibility index (Phi) is 9.27. The zero-order valence-corrected chi connectivity index (χ0v) is 16.0. The van der Waals surface area contributed by atoms with Crippen molar-refractivity contribution < 1.29 is 0 Å². The Balaban J connectivity index is 3.16. The molecule has 0 atom stereocenters. The van der Waals surface area contributed by atoms with Crippen molar-refractivity contribution in [3.63, 3.8) is 0 Å². The van der Waals surface area contributed by atoms with Gasteiger partial charge in [-0.05, 0) is 50.8 Å². The number of nitriles is 1. The summed E-state index contributed by atoms with van der Waals surface area (Å²) >= 11 is 0. The molecular formula is C22H28N4. The van der Waals surface area contributed by atoms with Gasteiger partial charge in [-0.25, -0.2) is 0 Å². The van der Waals surface area contributed by atoms with E-state index in [4.69, 9.17) is 0 Å². The van der Waals surface area contributed by atoms with Crippen LogP contribution in [0.4, 0.5) is 5.69 Å². The summed E-state index contributed by atoms with van der Waals surface area (Å²) in [5, 5.41) is 12.8. The highest BCUT2D eigenvalue weighted by Crippen LogP contribution is 2.21. The van der Waals surface area contributed by atoms with Crippen LogP contribution in [0, 0.1) is 11.3 Å². The van der Waals surface area contributed by atoms with Crippen LogP contribution in [0.3, 0.4) is 0 Å². The number of para-hydroxylation sites is 1. The smallest absolute Gasteiger partial charge is 0.101 e. The van der Waals surface area contributed by atoms with E-state index in [9.17, 15) is 5.26 Å². The molecule has 4 nitrogen and oxygen atoms in total. The van der Waals surface area contributed by atoms with Crippen LogP contribution in [-0.4, -0.2) is 19.9 Å². The minimum absolute atomic E-state index is 0.536. The molecule has 0 bridgehead atoms. The lowest BCUT2D eigenvalue weighted by molar-refractivity contribution is 0.736. The van der Waals surface area contributed by atoms with Crippen LogP contribution < -0.4 is 10.2 Å². The molecule has 1 rings (SSSR count). The van der Waals surface area contributed by atoms with E-state index in [1.807, 2.05) is 38.1 Å². The van der Waals surface area contributed by atoms with Gasteiger partial charge < -0.3 is 10.2 Å². The highest BCUT2D eigenvalue weighted by Gasteiger charge is 2.12. The molecule has 1 aromatic carbocycles. The SMILES string of the molecule is C=C/C(N=C)=C(\C)NCN(CC(/C=C\CC)=C/C)c1ccccc1C#N. The van der Waals surface area contributed by atoms with Crippen LogP contribution in [0.5, 0.6) is 0 Å². The lowest BCUT2D eigenvalue weighted by atomic mass is 10.1. The fourth-order valence-corrected chi connectivity index (χ4v) is 2.44. The number of hydrogen-bond donors (Lipinski definition) is 1. The van der Waals surface area contributed by atoms with Crippen LogP contribution >= 0.6 is 0 Å². The molecule has 0 radical (unpaired) electrons. The molecule has 0 saturated heterocycles. The standard InChI is InChI=1S/C22H28N4/c1-6-9-12-19(7-2)16-26(17-25-18(4)21(8-3)24-5)22-14-11-10-13-20(22)15-23/h7-14,25H,3,5-6,16-17H2,1-2,4H3/b12-9-,19-7+,21-18-. The second kappa shape index (κ2) is 11.5. The average Bonchev–Trinajstić information content (AvgIpc) is 2.68. The monoisotopic (exact) mass is 348 g/mol. The summed E-state index contributed by atoms with van der Waals surface area (Å²) in [6.45, 7) is 14.6. The van der Waals surface area contributed by atoms with E-state index >= 15 is 0 Å². The molecule has 0 aliphatic rings. The number of allylic oxidation sites excluding steroid dienone is 4. The van der Waals surface area contributed by atoms with E-state index < -0.39 is 0 Å². The number of rotatable bonds is 10. The van der Waals surface area contributed by atoms with E-state index in [-0.39, 0.29) is 0 Å². The van der Waals surface area contributed by atoms with Crippen molar-refractivity contribution >= 4 is 12.4 Å². The highest BCUT2D eigenvalue weighted by atomic mass is 15.2. The Hall–Kier alpha value is -3.06. The number of aliphatic imine (C=N–C) groups is 1. The zero-order chi connectivity index (χ0) is 19.4. The first-order valence-electron chi connectivity index (χ1n) is 8.70. The predicted octanol–water partition coefficient (Wildman–Crippen LogP) is 4.94. The van der Waals surface area contributed by atoms with Crippen molar-refractivity contribution in [1.82, 2.24) is 5.32 Å². The topological polar surface area (TPSA) is 51.4 Å². The second-order valence-electron chi connectivity index (χ2n) is 5.71. The maximum Gasteiger partial charge on any atom is 0.101 e. The van der Waals surface area contributed by atoms with Gasteiger partial charge in [0.1, 0.15) is 6.07 Å². The van der Waals surface area contributed by atoms with Gasteiger partial charge in [0.15, 0.2) is 0 Å². The molecule has 0 saturated carbocycles. The van der Waals surface area contributed by atoms with E-state index in [0.717, 1.165) is 23.5 Å². The zero-order valence-electron chi connectivity index (χ0n) is 16.0. The van der Waals surface area contributed by atoms with E-state index in [1.54, 1.807) is 6.08 Å². The molecule has 0 amide bonds. The van der Waals surface area contributed by atoms with Gasteiger partial charge in [-0.1, -0.05) is 43.9 Å². The Bertz CT molecular complexity index is 738. The number of hydrogen-bond acceptors (Lipinski definition) is 4. The van der Waals surface area contributed by atoms with Gasteiger partial charge >= 0.3 is 0 Å². The number of nitrogens with one attached hydrogen (secondary N) is 1. The van der Waals surface area contributed by atoms with Crippen LogP contribution in [0.1, 0.15) is 32.8 Å². The second-order valence-corrected chi connectivity index (χ2v) is 5.71. The van der Waals surface area contributed by atoms with Crippen LogP contribution in [0.2, 0.25) is 0 Å². The summed E-state index contributed by atoms with van der Waals surface area (Å²) in [5.41, 5.74) is 4.34. The van der Waals surface area contributed by atoms with Gasteiger partial charge in [-0.3, -0.25) is 4.99 Å². The highest BCUT2D eigenvalue weighted by molar-refractivity contribution is 5.60. The van der Waals surface area contributed by atoms with Crippen molar-refractivity contribution in [2.24, 2.45) is 4.99 Å². The van der Waals surface area contributed by atoms with Gasteiger partial charge in [0.25, 0.3) is 0 Å². The van der Waals surface area contributed by atoms with E-state index in [1.165, 1.54) is 5.57 Å². The molecule has 0 unspecified atom stereocenters.